The molecule has 0 rings (SSSR count). The summed E-state index contributed by atoms with van der Waals surface area (Å²) in [4.78, 5) is 11.2. The van der Waals surface area contributed by atoms with Crippen molar-refractivity contribution in [3.63, 3.8) is 0 Å². The number of carbonyl (C=O) groups is 1. The van der Waals surface area contributed by atoms with E-state index < -0.39 is 0 Å². The van der Waals surface area contributed by atoms with Crippen LogP contribution in [0, 0.1) is 5.92 Å². The number of hydrogen-bond donors (Lipinski definition) is 0. The zero-order valence-corrected chi connectivity index (χ0v) is 8.68. The topological polar surface area (TPSA) is 17.1 Å². The van der Waals surface area contributed by atoms with E-state index in [1.54, 1.807) is 0 Å². The molecule has 0 saturated heterocycles. The SMILES string of the molecule is CCCC(C)C=C(C)C(=O)CC. The molecule has 0 aromatic heterocycles. The van der Waals surface area contributed by atoms with E-state index in [0.29, 0.717) is 12.3 Å². The lowest BCUT2D eigenvalue weighted by molar-refractivity contribution is -0.115. The van der Waals surface area contributed by atoms with Crippen LogP contribution < -0.4 is 0 Å². The Morgan fingerprint density at radius 2 is 2.00 bits per heavy atom. The van der Waals surface area contributed by atoms with E-state index in [1.807, 2.05) is 13.8 Å². The Balaban J connectivity index is 4.05. The molecule has 0 aliphatic heterocycles. The number of allylic oxidation sites excluding steroid dienone is 2. The second kappa shape index (κ2) is 5.99. The van der Waals surface area contributed by atoms with Crippen LogP contribution in [-0.2, 0) is 4.79 Å². The van der Waals surface area contributed by atoms with Gasteiger partial charge in [0.1, 0.15) is 0 Å². The molecule has 0 radical (unpaired) electrons. The summed E-state index contributed by atoms with van der Waals surface area (Å²) in [6.07, 6.45) is 5.08. The molecule has 0 heterocycles. The maximum atomic E-state index is 11.2. The van der Waals surface area contributed by atoms with Crippen molar-refractivity contribution in [3.8, 4) is 0 Å². The predicted molar refractivity (Wildman–Crippen MR) is 53.1 cm³/mol. The molecule has 0 aromatic rings. The molecular formula is C11H20O. The minimum Gasteiger partial charge on any atom is -0.295 e. The minimum absolute atomic E-state index is 0.276. The summed E-state index contributed by atoms with van der Waals surface area (Å²) >= 11 is 0. The molecule has 12 heavy (non-hydrogen) atoms. The second-order valence-corrected chi connectivity index (χ2v) is 3.39. The molecular weight excluding hydrogens is 148 g/mol. The van der Waals surface area contributed by atoms with Crippen molar-refractivity contribution in [1.82, 2.24) is 0 Å². The highest BCUT2D eigenvalue weighted by atomic mass is 16.1. The van der Waals surface area contributed by atoms with Crippen LogP contribution in [0.3, 0.4) is 0 Å². The van der Waals surface area contributed by atoms with Gasteiger partial charge in [0.25, 0.3) is 0 Å². The monoisotopic (exact) mass is 168 g/mol. The van der Waals surface area contributed by atoms with E-state index in [0.717, 1.165) is 5.57 Å². The second-order valence-electron chi connectivity index (χ2n) is 3.39. The van der Waals surface area contributed by atoms with Crippen molar-refractivity contribution in [3.05, 3.63) is 11.6 Å². The molecule has 0 amide bonds. The fourth-order valence-corrected chi connectivity index (χ4v) is 1.34. The zero-order chi connectivity index (χ0) is 9.56. The molecule has 1 nitrogen and oxygen atoms in total. The zero-order valence-electron chi connectivity index (χ0n) is 8.68. The highest BCUT2D eigenvalue weighted by Crippen LogP contribution is 2.10. The molecule has 70 valence electrons. The van der Waals surface area contributed by atoms with Crippen LogP contribution in [0.5, 0.6) is 0 Å². The molecule has 1 atom stereocenters. The molecule has 0 aliphatic rings. The molecule has 0 fully saturated rings. The smallest absolute Gasteiger partial charge is 0.157 e. The van der Waals surface area contributed by atoms with Crippen LogP contribution in [0.15, 0.2) is 11.6 Å². The van der Waals surface area contributed by atoms with E-state index in [2.05, 4.69) is 19.9 Å². The number of Topliss-reactive ketones (excluding diaryl/α,β-unsaturated/α-hetero) is 1. The Labute approximate surface area is 75.9 Å². The summed E-state index contributed by atoms with van der Waals surface area (Å²) in [5.41, 5.74) is 0.929. The van der Waals surface area contributed by atoms with E-state index in [1.165, 1.54) is 12.8 Å². The molecule has 0 aliphatic carbocycles. The molecule has 1 unspecified atom stereocenters. The Morgan fingerprint density at radius 3 is 2.42 bits per heavy atom. The number of rotatable bonds is 5. The lowest BCUT2D eigenvalue weighted by Crippen LogP contribution is -1.99. The summed E-state index contributed by atoms with van der Waals surface area (Å²) < 4.78 is 0. The van der Waals surface area contributed by atoms with Crippen LogP contribution in [0.25, 0.3) is 0 Å². The van der Waals surface area contributed by atoms with Gasteiger partial charge in [0, 0.05) is 6.42 Å². The van der Waals surface area contributed by atoms with E-state index in [4.69, 9.17) is 0 Å². The van der Waals surface area contributed by atoms with Crippen LogP contribution in [-0.4, -0.2) is 5.78 Å². The van der Waals surface area contributed by atoms with E-state index in [9.17, 15) is 4.79 Å². The fourth-order valence-electron chi connectivity index (χ4n) is 1.34. The average Bonchev–Trinajstić information content (AvgIpc) is 2.03. The third-order valence-corrected chi connectivity index (χ3v) is 2.04. The molecule has 0 bridgehead atoms. The largest absolute Gasteiger partial charge is 0.295 e. The van der Waals surface area contributed by atoms with Gasteiger partial charge in [-0.2, -0.15) is 0 Å². The molecule has 0 spiro atoms. The van der Waals surface area contributed by atoms with E-state index >= 15 is 0 Å². The highest BCUT2D eigenvalue weighted by Gasteiger charge is 2.02. The predicted octanol–water partition coefficient (Wildman–Crippen LogP) is 3.35. The quantitative estimate of drug-likeness (QED) is 0.575. The lowest BCUT2D eigenvalue weighted by Gasteiger charge is -2.05. The Kier molecular flexibility index (Phi) is 5.69. The molecule has 1 heteroatoms. The Hall–Kier alpha value is -0.590. The first-order chi connectivity index (χ1) is 5.61. The van der Waals surface area contributed by atoms with Crippen molar-refractivity contribution >= 4 is 5.78 Å². The fraction of sp³-hybridized carbons (Fsp3) is 0.727. The van der Waals surface area contributed by atoms with Crippen molar-refractivity contribution in [1.29, 1.82) is 0 Å². The summed E-state index contributed by atoms with van der Waals surface area (Å²) in [7, 11) is 0. The first-order valence-electron chi connectivity index (χ1n) is 4.83. The van der Waals surface area contributed by atoms with Crippen LogP contribution in [0.2, 0.25) is 0 Å². The van der Waals surface area contributed by atoms with Gasteiger partial charge < -0.3 is 0 Å². The first kappa shape index (κ1) is 11.4. The third kappa shape index (κ3) is 4.32. The number of hydrogen-bond acceptors (Lipinski definition) is 1. The van der Waals surface area contributed by atoms with Crippen LogP contribution >= 0.6 is 0 Å². The lowest BCUT2D eigenvalue weighted by atomic mass is 10.0. The summed E-state index contributed by atoms with van der Waals surface area (Å²) in [6, 6.07) is 0. The number of ketones is 1. The molecule has 0 saturated carbocycles. The van der Waals surface area contributed by atoms with Crippen molar-refractivity contribution < 1.29 is 4.79 Å². The van der Waals surface area contributed by atoms with Gasteiger partial charge in [-0.25, -0.2) is 0 Å². The first-order valence-corrected chi connectivity index (χ1v) is 4.83. The number of carbonyl (C=O) groups excluding carboxylic acids is 1. The maximum Gasteiger partial charge on any atom is 0.157 e. The molecule has 0 N–H and O–H groups in total. The van der Waals surface area contributed by atoms with Crippen LogP contribution in [0.1, 0.15) is 47.0 Å². The van der Waals surface area contributed by atoms with Gasteiger partial charge in [0.2, 0.25) is 0 Å². The van der Waals surface area contributed by atoms with E-state index in [-0.39, 0.29) is 5.78 Å². The summed E-state index contributed by atoms with van der Waals surface area (Å²) in [5, 5.41) is 0. The van der Waals surface area contributed by atoms with Gasteiger partial charge in [-0.3, -0.25) is 4.79 Å². The van der Waals surface area contributed by atoms with Gasteiger partial charge in [-0.15, -0.1) is 0 Å². The highest BCUT2D eigenvalue weighted by molar-refractivity contribution is 5.94. The van der Waals surface area contributed by atoms with Gasteiger partial charge >= 0.3 is 0 Å². The average molecular weight is 168 g/mol. The molecule has 0 aromatic carbocycles. The van der Waals surface area contributed by atoms with Gasteiger partial charge in [0.15, 0.2) is 5.78 Å². The Morgan fingerprint density at radius 1 is 1.42 bits per heavy atom. The van der Waals surface area contributed by atoms with Crippen molar-refractivity contribution in [2.75, 3.05) is 0 Å². The minimum atomic E-state index is 0.276. The summed E-state index contributed by atoms with van der Waals surface area (Å²) in [6.45, 7) is 8.15. The van der Waals surface area contributed by atoms with Crippen molar-refractivity contribution in [2.24, 2.45) is 5.92 Å². The standard InChI is InChI=1S/C11H20O/c1-5-7-9(3)8-10(4)11(12)6-2/h8-9H,5-7H2,1-4H3. The Bertz CT molecular complexity index is 168. The van der Waals surface area contributed by atoms with Crippen molar-refractivity contribution in [2.45, 2.75) is 47.0 Å². The summed E-state index contributed by atoms with van der Waals surface area (Å²) in [5.74, 6) is 0.823. The van der Waals surface area contributed by atoms with Gasteiger partial charge in [-0.1, -0.05) is 33.3 Å². The van der Waals surface area contributed by atoms with Gasteiger partial charge in [0.05, 0.1) is 0 Å². The van der Waals surface area contributed by atoms with Gasteiger partial charge in [-0.05, 0) is 24.8 Å². The maximum absolute atomic E-state index is 11.2. The van der Waals surface area contributed by atoms with Crippen LogP contribution in [0.4, 0.5) is 0 Å². The normalized spacial score (nSPS) is 14.5. The third-order valence-electron chi connectivity index (χ3n) is 2.04.